The van der Waals surface area contributed by atoms with E-state index in [1.807, 2.05) is 39.9 Å². The van der Waals surface area contributed by atoms with Crippen molar-refractivity contribution in [1.82, 2.24) is 14.7 Å². The number of benzene rings is 1. The molecule has 6 heteroatoms. The first-order valence-electron chi connectivity index (χ1n) is 8.80. The van der Waals surface area contributed by atoms with Crippen LogP contribution < -0.4 is 0 Å². The molecule has 1 fully saturated rings. The van der Waals surface area contributed by atoms with Gasteiger partial charge in [0.2, 0.25) is 5.91 Å². The number of carbonyl (C=O) groups excluding carboxylic acids is 1. The number of hydrogen-bond acceptors (Lipinski definition) is 3. The number of nitrogens with zero attached hydrogens (tertiary/aromatic N) is 3. The SMILES string of the molecule is CC(O)c1cc2n(n1)CCN(C(=O)C1(c3ccc(Cl)cc3)CCC1)C2. The van der Waals surface area contributed by atoms with Gasteiger partial charge in [-0.25, -0.2) is 0 Å². The zero-order valence-corrected chi connectivity index (χ0v) is 15.0. The van der Waals surface area contributed by atoms with E-state index in [9.17, 15) is 9.90 Å². The molecule has 1 aliphatic carbocycles. The Kier molecular flexibility index (Phi) is 4.08. The lowest BCUT2D eigenvalue weighted by atomic mass is 9.63. The van der Waals surface area contributed by atoms with Crippen LogP contribution >= 0.6 is 11.6 Å². The number of hydrogen-bond donors (Lipinski definition) is 1. The van der Waals surface area contributed by atoms with Crippen LogP contribution in [0.2, 0.25) is 5.02 Å². The Balaban J connectivity index is 1.58. The molecule has 5 nitrogen and oxygen atoms in total. The highest BCUT2D eigenvalue weighted by molar-refractivity contribution is 6.30. The number of aliphatic hydroxyl groups excluding tert-OH is 1. The first-order valence-corrected chi connectivity index (χ1v) is 9.17. The van der Waals surface area contributed by atoms with E-state index in [1.54, 1.807) is 6.92 Å². The standard InChI is InChI=1S/C19H22ClN3O2/c1-13(24)17-11-16-12-22(9-10-23(16)21-17)18(25)19(7-2-8-19)14-3-5-15(20)6-4-14/h3-6,11,13,24H,2,7-10,12H2,1H3. The molecule has 0 saturated heterocycles. The average Bonchev–Trinajstić information content (AvgIpc) is 2.99. The largest absolute Gasteiger partial charge is 0.387 e. The molecule has 1 unspecified atom stereocenters. The number of aromatic nitrogens is 2. The predicted octanol–water partition coefficient (Wildman–Crippen LogP) is 3.05. The lowest BCUT2D eigenvalue weighted by Gasteiger charge is -2.44. The van der Waals surface area contributed by atoms with E-state index in [-0.39, 0.29) is 5.91 Å². The van der Waals surface area contributed by atoms with Crippen molar-refractivity contribution in [3.8, 4) is 0 Å². The van der Waals surface area contributed by atoms with Crippen LogP contribution in [0.15, 0.2) is 30.3 Å². The summed E-state index contributed by atoms with van der Waals surface area (Å²) in [6, 6.07) is 9.60. The van der Waals surface area contributed by atoms with Crippen LogP contribution in [0.1, 0.15) is 49.2 Å². The quantitative estimate of drug-likeness (QED) is 0.916. The maximum Gasteiger partial charge on any atom is 0.233 e. The Morgan fingerprint density at radius 1 is 1.28 bits per heavy atom. The minimum absolute atomic E-state index is 0.201. The predicted molar refractivity (Wildman–Crippen MR) is 95.3 cm³/mol. The molecule has 0 bridgehead atoms. The third-order valence-electron chi connectivity index (χ3n) is 5.55. The molecule has 2 aromatic rings. The van der Waals surface area contributed by atoms with E-state index < -0.39 is 11.5 Å². The molecule has 4 rings (SSSR count). The molecule has 1 saturated carbocycles. The Morgan fingerprint density at radius 2 is 2.00 bits per heavy atom. The van der Waals surface area contributed by atoms with Gasteiger partial charge in [0.05, 0.1) is 36.0 Å². The van der Waals surface area contributed by atoms with Crippen molar-refractivity contribution in [2.75, 3.05) is 6.54 Å². The highest BCUT2D eigenvalue weighted by Crippen LogP contribution is 2.45. The summed E-state index contributed by atoms with van der Waals surface area (Å²) in [6.45, 7) is 3.58. The number of carbonyl (C=O) groups is 1. The Hall–Kier alpha value is -1.85. The van der Waals surface area contributed by atoms with Gasteiger partial charge in [0.1, 0.15) is 0 Å². The monoisotopic (exact) mass is 359 g/mol. The summed E-state index contributed by atoms with van der Waals surface area (Å²) in [7, 11) is 0. The Bertz CT molecular complexity index is 794. The molecule has 1 atom stereocenters. The van der Waals surface area contributed by atoms with E-state index in [0.29, 0.717) is 30.4 Å². The van der Waals surface area contributed by atoms with Crippen molar-refractivity contribution in [3.05, 3.63) is 52.3 Å². The van der Waals surface area contributed by atoms with Crippen molar-refractivity contribution in [2.24, 2.45) is 0 Å². The lowest BCUT2D eigenvalue weighted by molar-refractivity contribution is -0.142. The van der Waals surface area contributed by atoms with Gasteiger partial charge in [0.25, 0.3) is 0 Å². The number of rotatable bonds is 3. The molecule has 0 radical (unpaired) electrons. The van der Waals surface area contributed by atoms with Crippen LogP contribution in [0.3, 0.4) is 0 Å². The second-order valence-corrected chi connectivity index (χ2v) is 7.57. The van der Waals surface area contributed by atoms with Crippen LogP contribution in [0.4, 0.5) is 0 Å². The molecule has 0 spiro atoms. The van der Waals surface area contributed by atoms with E-state index in [0.717, 1.165) is 30.5 Å². The summed E-state index contributed by atoms with van der Waals surface area (Å²) in [5.41, 5.74) is 2.32. The van der Waals surface area contributed by atoms with Crippen molar-refractivity contribution in [1.29, 1.82) is 0 Å². The third-order valence-corrected chi connectivity index (χ3v) is 5.80. The van der Waals surface area contributed by atoms with E-state index >= 15 is 0 Å². The minimum Gasteiger partial charge on any atom is -0.387 e. The second kappa shape index (κ2) is 6.15. The van der Waals surface area contributed by atoms with E-state index in [2.05, 4.69) is 5.10 Å². The average molecular weight is 360 g/mol. The van der Waals surface area contributed by atoms with Gasteiger partial charge in [0.15, 0.2) is 0 Å². The Labute approximate surface area is 152 Å². The van der Waals surface area contributed by atoms with Crippen LogP contribution in [0.5, 0.6) is 0 Å². The van der Waals surface area contributed by atoms with Crippen molar-refractivity contribution >= 4 is 17.5 Å². The van der Waals surface area contributed by atoms with Gasteiger partial charge in [0, 0.05) is 11.6 Å². The van der Waals surface area contributed by atoms with Gasteiger partial charge in [-0.1, -0.05) is 30.2 Å². The first kappa shape index (κ1) is 16.6. The molecular formula is C19H22ClN3O2. The number of amides is 1. The maximum absolute atomic E-state index is 13.4. The molecule has 2 heterocycles. The number of halogens is 1. The molecule has 25 heavy (non-hydrogen) atoms. The lowest BCUT2D eigenvalue weighted by Crippen LogP contribution is -2.52. The zero-order chi connectivity index (χ0) is 17.6. The third kappa shape index (κ3) is 2.75. The fourth-order valence-electron chi connectivity index (χ4n) is 3.89. The van der Waals surface area contributed by atoms with Crippen LogP contribution in [-0.4, -0.2) is 32.2 Å². The molecular weight excluding hydrogens is 338 g/mol. The molecule has 1 N–H and O–H groups in total. The van der Waals surface area contributed by atoms with Crippen molar-refractivity contribution < 1.29 is 9.90 Å². The maximum atomic E-state index is 13.4. The van der Waals surface area contributed by atoms with Gasteiger partial charge in [-0.2, -0.15) is 5.10 Å². The van der Waals surface area contributed by atoms with E-state index in [4.69, 9.17) is 11.6 Å². The topological polar surface area (TPSA) is 58.4 Å². The summed E-state index contributed by atoms with van der Waals surface area (Å²) in [6.07, 6.45) is 2.27. The molecule has 1 aromatic carbocycles. The normalized spacial score (nSPS) is 19.9. The van der Waals surface area contributed by atoms with Gasteiger partial charge in [-0.05, 0) is 43.5 Å². The first-order chi connectivity index (χ1) is 12.0. The van der Waals surface area contributed by atoms with Crippen LogP contribution in [0.25, 0.3) is 0 Å². The van der Waals surface area contributed by atoms with Crippen molar-refractivity contribution in [3.63, 3.8) is 0 Å². The van der Waals surface area contributed by atoms with Gasteiger partial charge >= 0.3 is 0 Å². The molecule has 132 valence electrons. The number of fused-ring (bicyclic) bond motifs is 1. The van der Waals surface area contributed by atoms with Gasteiger partial charge in [-0.3, -0.25) is 9.48 Å². The fourth-order valence-corrected chi connectivity index (χ4v) is 4.02. The van der Waals surface area contributed by atoms with Crippen LogP contribution in [-0.2, 0) is 23.3 Å². The fraction of sp³-hybridized carbons (Fsp3) is 0.474. The second-order valence-electron chi connectivity index (χ2n) is 7.13. The summed E-state index contributed by atoms with van der Waals surface area (Å²) in [4.78, 5) is 15.3. The molecule has 2 aliphatic rings. The summed E-state index contributed by atoms with van der Waals surface area (Å²) >= 11 is 6.01. The summed E-state index contributed by atoms with van der Waals surface area (Å²) < 4.78 is 1.90. The van der Waals surface area contributed by atoms with E-state index in [1.165, 1.54) is 0 Å². The summed E-state index contributed by atoms with van der Waals surface area (Å²) in [5.74, 6) is 0.201. The van der Waals surface area contributed by atoms with Crippen LogP contribution in [0, 0.1) is 0 Å². The highest BCUT2D eigenvalue weighted by Gasteiger charge is 2.48. The summed E-state index contributed by atoms with van der Waals surface area (Å²) in [5, 5.41) is 14.8. The Morgan fingerprint density at radius 3 is 2.60 bits per heavy atom. The minimum atomic E-state index is -0.589. The molecule has 1 aromatic heterocycles. The molecule has 1 aliphatic heterocycles. The van der Waals surface area contributed by atoms with Crippen molar-refractivity contribution in [2.45, 2.75) is 50.8 Å². The van der Waals surface area contributed by atoms with Gasteiger partial charge < -0.3 is 10.0 Å². The molecule has 1 amide bonds. The highest BCUT2D eigenvalue weighted by atomic mass is 35.5. The smallest absolute Gasteiger partial charge is 0.233 e. The number of aliphatic hydroxyl groups is 1. The zero-order valence-electron chi connectivity index (χ0n) is 14.3. The van der Waals surface area contributed by atoms with Gasteiger partial charge in [-0.15, -0.1) is 0 Å².